The summed E-state index contributed by atoms with van der Waals surface area (Å²) in [5.41, 5.74) is 0. The summed E-state index contributed by atoms with van der Waals surface area (Å²) in [6, 6.07) is 0. The molecule has 0 aliphatic carbocycles. The van der Waals surface area contributed by atoms with E-state index in [1.54, 1.807) is 0 Å². The molecule has 3 rings (SSSR count). The number of likely N-dealkylation sites (N-methyl/N-ethyl adjacent to an activating group) is 1. The van der Waals surface area contributed by atoms with Gasteiger partial charge in [-0.3, -0.25) is 4.79 Å². The molecule has 138 valence electrons. The van der Waals surface area contributed by atoms with Crippen LogP contribution in [0.15, 0.2) is 0 Å². The van der Waals surface area contributed by atoms with E-state index in [4.69, 9.17) is 0 Å². The third kappa shape index (κ3) is 5.17. The highest BCUT2D eigenvalue weighted by atomic mass is 16.2. The molecule has 3 fully saturated rings. The van der Waals surface area contributed by atoms with Crippen molar-refractivity contribution in [1.29, 1.82) is 0 Å². The van der Waals surface area contributed by atoms with Crippen LogP contribution in [0.4, 0.5) is 0 Å². The van der Waals surface area contributed by atoms with Crippen molar-refractivity contribution in [1.82, 2.24) is 20.0 Å². The minimum atomic E-state index is 0.405. The van der Waals surface area contributed by atoms with E-state index in [2.05, 4.69) is 26.9 Å². The zero-order chi connectivity index (χ0) is 16.8. The van der Waals surface area contributed by atoms with E-state index in [-0.39, 0.29) is 0 Å². The van der Waals surface area contributed by atoms with Gasteiger partial charge in [0, 0.05) is 39.1 Å². The molecule has 0 aromatic carbocycles. The van der Waals surface area contributed by atoms with Gasteiger partial charge in [0.2, 0.25) is 5.91 Å². The number of carbonyl (C=O) groups excluding carboxylic acids is 1. The van der Waals surface area contributed by atoms with E-state index in [1.807, 2.05) is 0 Å². The van der Waals surface area contributed by atoms with Crippen molar-refractivity contribution >= 4 is 5.91 Å². The molecule has 3 aliphatic heterocycles. The zero-order valence-corrected chi connectivity index (χ0v) is 15.5. The molecule has 0 bridgehead atoms. The van der Waals surface area contributed by atoms with E-state index >= 15 is 0 Å². The molecule has 0 spiro atoms. The summed E-state index contributed by atoms with van der Waals surface area (Å²) >= 11 is 0. The fourth-order valence-corrected chi connectivity index (χ4v) is 4.49. The van der Waals surface area contributed by atoms with Crippen molar-refractivity contribution in [2.75, 3.05) is 65.4 Å². The SMILES string of the molecule is CCN1CCN(C(=O)CC2CCN(CC3CCNCC3)CC2)CC1. The van der Waals surface area contributed by atoms with Crippen LogP contribution in [0.3, 0.4) is 0 Å². The van der Waals surface area contributed by atoms with Crippen molar-refractivity contribution < 1.29 is 4.79 Å². The Morgan fingerprint density at radius 2 is 1.54 bits per heavy atom. The maximum absolute atomic E-state index is 12.5. The molecule has 5 heteroatoms. The Hall–Kier alpha value is -0.650. The number of nitrogens with one attached hydrogen (secondary N) is 1. The molecule has 24 heavy (non-hydrogen) atoms. The number of hydrogen-bond acceptors (Lipinski definition) is 4. The molecule has 0 aromatic heterocycles. The summed E-state index contributed by atoms with van der Waals surface area (Å²) in [7, 11) is 0. The number of hydrogen-bond donors (Lipinski definition) is 1. The van der Waals surface area contributed by atoms with Gasteiger partial charge < -0.3 is 20.0 Å². The van der Waals surface area contributed by atoms with Crippen LogP contribution in [-0.2, 0) is 4.79 Å². The van der Waals surface area contributed by atoms with Gasteiger partial charge in [0.15, 0.2) is 0 Å². The summed E-state index contributed by atoms with van der Waals surface area (Å²) in [5, 5.41) is 3.45. The zero-order valence-electron chi connectivity index (χ0n) is 15.5. The quantitative estimate of drug-likeness (QED) is 0.820. The van der Waals surface area contributed by atoms with Gasteiger partial charge >= 0.3 is 0 Å². The van der Waals surface area contributed by atoms with Gasteiger partial charge in [-0.25, -0.2) is 0 Å². The summed E-state index contributed by atoms with van der Waals surface area (Å²) in [5.74, 6) is 1.91. The fraction of sp³-hybridized carbons (Fsp3) is 0.947. The van der Waals surface area contributed by atoms with Crippen molar-refractivity contribution in [2.24, 2.45) is 11.8 Å². The molecule has 0 radical (unpaired) electrons. The second-order valence-electron chi connectivity index (χ2n) is 7.96. The van der Waals surface area contributed by atoms with Crippen molar-refractivity contribution in [2.45, 2.75) is 39.0 Å². The number of rotatable bonds is 5. The van der Waals surface area contributed by atoms with Gasteiger partial charge in [0.25, 0.3) is 0 Å². The van der Waals surface area contributed by atoms with Crippen molar-refractivity contribution in [3.63, 3.8) is 0 Å². The lowest BCUT2D eigenvalue weighted by molar-refractivity contribution is -0.134. The number of nitrogens with zero attached hydrogens (tertiary/aromatic N) is 3. The van der Waals surface area contributed by atoms with Crippen molar-refractivity contribution in [3.05, 3.63) is 0 Å². The summed E-state index contributed by atoms with van der Waals surface area (Å²) in [4.78, 5) is 19.7. The van der Waals surface area contributed by atoms with Crippen LogP contribution < -0.4 is 5.32 Å². The van der Waals surface area contributed by atoms with Gasteiger partial charge in [-0.15, -0.1) is 0 Å². The predicted octanol–water partition coefficient (Wildman–Crippen LogP) is 1.25. The lowest BCUT2D eigenvalue weighted by atomic mass is 9.91. The molecule has 5 nitrogen and oxygen atoms in total. The number of likely N-dealkylation sites (tertiary alicyclic amines) is 1. The van der Waals surface area contributed by atoms with Crippen LogP contribution in [0, 0.1) is 11.8 Å². The first-order chi connectivity index (χ1) is 11.7. The largest absolute Gasteiger partial charge is 0.340 e. The summed E-state index contributed by atoms with van der Waals surface area (Å²) in [6.07, 6.45) is 5.88. The standard InChI is InChI=1S/C19H36N4O/c1-2-21-11-13-23(14-12-21)19(24)15-17-5-9-22(10-6-17)16-18-3-7-20-8-4-18/h17-18,20H,2-16H2,1H3. The van der Waals surface area contributed by atoms with Gasteiger partial charge in [-0.2, -0.15) is 0 Å². The molecule has 0 unspecified atom stereocenters. The molecule has 1 N–H and O–H groups in total. The molecular weight excluding hydrogens is 300 g/mol. The first-order valence-electron chi connectivity index (χ1n) is 10.2. The van der Waals surface area contributed by atoms with Crippen LogP contribution in [-0.4, -0.2) is 86.1 Å². The molecule has 0 saturated carbocycles. The van der Waals surface area contributed by atoms with E-state index in [0.29, 0.717) is 11.8 Å². The maximum atomic E-state index is 12.5. The van der Waals surface area contributed by atoms with Crippen molar-refractivity contribution in [3.8, 4) is 0 Å². The highest BCUT2D eigenvalue weighted by Crippen LogP contribution is 2.24. The van der Waals surface area contributed by atoms with E-state index in [1.165, 1.54) is 58.4 Å². The summed E-state index contributed by atoms with van der Waals surface area (Å²) < 4.78 is 0. The highest BCUT2D eigenvalue weighted by Gasteiger charge is 2.27. The Morgan fingerprint density at radius 1 is 0.875 bits per heavy atom. The average Bonchev–Trinajstić information content (AvgIpc) is 2.64. The second kappa shape index (κ2) is 9.16. The molecule has 0 aromatic rings. The van der Waals surface area contributed by atoms with Crippen LogP contribution in [0.1, 0.15) is 39.0 Å². The smallest absolute Gasteiger partial charge is 0.222 e. The minimum Gasteiger partial charge on any atom is -0.340 e. The summed E-state index contributed by atoms with van der Waals surface area (Å²) in [6.45, 7) is 13.4. The fourth-order valence-electron chi connectivity index (χ4n) is 4.49. The van der Waals surface area contributed by atoms with Gasteiger partial charge in [-0.1, -0.05) is 6.92 Å². The monoisotopic (exact) mass is 336 g/mol. The molecule has 1 amide bonds. The molecule has 3 aliphatic rings. The predicted molar refractivity (Wildman–Crippen MR) is 98.1 cm³/mol. The molecule has 3 saturated heterocycles. The molecule has 0 atom stereocenters. The first-order valence-corrected chi connectivity index (χ1v) is 10.2. The lowest BCUT2D eigenvalue weighted by Gasteiger charge is -2.37. The van der Waals surface area contributed by atoms with E-state index < -0.39 is 0 Å². The lowest BCUT2D eigenvalue weighted by Crippen LogP contribution is -2.49. The number of amides is 1. The third-order valence-electron chi connectivity index (χ3n) is 6.32. The van der Waals surface area contributed by atoms with Gasteiger partial charge in [-0.05, 0) is 70.2 Å². The second-order valence-corrected chi connectivity index (χ2v) is 7.96. The number of piperidine rings is 2. The van der Waals surface area contributed by atoms with Crippen LogP contribution >= 0.6 is 0 Å². The van der Waals surface area contributed by atoms with Gasteiger partial charge in [0.05, 0.1) is 0 Å². The average molecular weight is 337 g/mol. The van der Waals surface area contributed by atoms with E-state index in [0.717, 1.165) is 45.1 Å². The maximum Gasteiger partial charge on any atom is 0.222 e. The van der Waals surface area contributed by atoms with Crippen LogP contribution in [0.2, 0.25) is 0 Å². The highest BCUT2D eigenvalue weighted by molar-refractivity contribution is 5.76. The molecule has 3 heterocycles. The van der Waals surface area contributed by atoms with Crippen LogP contribution in [0.5, 0.6) is 0 Å². The van der Waals surface area contributed by atoms with Crippen LogP contribution in [0.25, 0.3) is 0 Å². The topological polar surface area (TPSA) is 38.8 Å². The molecular formula is C19H36N4O. The Morgan fingerprint density at radius 3 is 2.17 bits per heavy atom. The Kier molecular flexibility index (Phi) is 6.93. The number of carbonyl (C=O) groups is 1. The third-order valence-corrected chi connectivity index (χ3v) is 6.32. The first kappa shape index (κ1) is 18.2. The Bertz CT molecular complexity index is 381. The van der Waals surface area contributed by atoms with Gasteiger partial charge in [0.1, 0.15) is 0 Å². The Labute approximate surface area is 147 Å². The normalized spacial score (nSPS) is 26.0. The Balaban J connectivity index is 1.33. The minimum absolute atomic E-state index is 0.405. The number of piperazine rings is 1. The van der Waals surface area contributed by atoms with E-state index in [9.17, 15) is 4.79 Å².